The molecule has 3 aliphatic rings. The maximum atomic E-state index is 13.9. The molecular weight excluding hydrogens is 617 g/mol. The monoisotopic (exact) mass is 644 g/mol. The van der Waals surface area contributed by atoms with Crippen LogP contribution in [-0.2, 0) is 9.53 Å². The summed E-state index contributed by atoms with van der Waals surface area (Å²) in [5, 5.41) is 49.2. The van der Waals surface area contributed by atoms with Gasteiger partial charge in [0.25, 0.3) is 5.92 Å². The first-order valence-corrected chi connectivity index (χ1v) is 14.1. The number of benzene rings is 1. The Hall–Kier alpha value is -2.51. The summed E-state index contributed by atoms with van der Waals surface area (Å²) in [7, 11) is 0. The fraction of sp³-hybridized carbons (Fsp3) is 0.640. The molecular formula is C25H27F7N4O6S. The van der Waals surface area contributed by atoms with Gasteiger partial charge in [-0.2, -0.15) is 0 Å². The summed E-state index contributed by atoms with van der Waals surface area (Å²) < 4.78 is 102. The van der Waals surface area contributed by atoms with Crippen LogP contribution in [0.2, 0.25) is 0 Å². The van der Waals surface area contributed by atoms with E-state index in [1.54, 1.807) is 0 Å². The highest BCUT2D eigenvalue weighted by Gasteiger charge is 2.56. The number of carbonyl (C=O) groups is 1. The SMILES string of the molecule is O=C([C@@H](S[C@@H]1O[C@H](CO)[C@H](O)[C@H](n2cc(-c3cc(F)c(F)c(F)c3)nn2)[C@H]1O)C1(O)CCC(F)(F)CC1)N1CC(F)(F)C1. The maximum absolute atomic E-state index is 13.9. The number of hydrogen-bond donors (Lipinski definition) is 4. The minimum atomic E-state index is -3.17. The first-order chi connectivity index (χ1) is 20.0. The lowest BCUT2D eigenvalue weighted by Gasteiger charge is -2.48. The highest BCUT2D eigenvalue weighted by molar-refractivity contribution is 8.01. The molecule has 1 aliphatic carbocycles. The van der Waals surface area contributed by atoms with Crippen molar-refractivity contribution in [1.82, 2.24) is 19.9 Å². The maximum Gasteiger partial charge on any atom is 0.282 e. The van der Waals surface area contributed by atoms with E-state index in [0.29, 0.717) is 23.9 Å². The van der Waals surface area contributed by atoms with Crippen LogP contribution >= 0.6 is 11.8 Å². The van der Waals surface area contributed by atoms with E-state index < -0.39 is 121 Å². The lowest BCUT2D eigenvalue weighted by molar-refractivity contribution is -0.180. The molecule has 1 amide bonds. The number of halogens is 7. The number of nitrogens with zero attached hydrogens (tertiary/aromatic N) is 4. The van der Waals surface area contributed by atoms with E-state index in [2.05, 4.69) is 10.3 Å². The minimum Gasteiger partial charge on any atom is -0.394 e. The quantitative estimate of drug-likeness (QED) is 0.263. The van der Waals surface area contributed by atoms with E-state index in [-0.39, 0.29) is 11.3 Å². The summed E-state index contributed by atoms with van der Waals surface area (Å²) >= 11 is 0.466. The van der Waals surface area contributed by atoms with Crippen molar-refractivity contribution >= 4 is 17.7 Å². The third kappa shape index (κ3) is 6.22. The fourth-order valence-electron chi connectivity index (χ4n) is 5.44. The van der Waals surface area contributed by atoms with Crippen LogP contribution in [0.1, 0.15) is 31.7 Å². The molecule has 1 aromatic heterocycles. The number of alkyl halides is 4. The number of aliphatic hydroxyl groups excluding tert-OH is 3. The lowest BCUT2D eigenvalue weighted by atomic mass is 9.79. The van der Waals surface area contributed by atoms with Crippen molar-refractivity contribution < 1.29 is 60.7 Å². The Labute approximate surface area is 243 Å². The van der Waals surface area contributed by atoms with Crippen LogP contribution < -0.4 is 0 Å². The molecule has 18 heteroatoms. The number of aromatic nitrogens is 3. The second-order valence-corrected chi connectivity index (χ2v) is 12.3. The molecule has 3 heterocycles. The van der Waals surface area contributed by atoms with E-state index in [9.17, 15) is 56.0 Å². The van der Waals surface area contributed by atoms with E-state index in [1.807, 2.05) is 0 Å². The Bertz CT molecular complexity index is 1330. The highest BCUT2D eigenvalue weighted by Crippen LogP contribution is 2.47. The Morgan fingerprint density at radius 1 is 1.02 bits per heavy atom. The number of thioether (sulfide) groups is 1. The molecule has 3 fully saturated rings. The van der Waals surface area contributed by atoms with Gasteiger partial charge in [0, 0.05) is 18.4 Å². The molecule has 5 rings (SSSR count). The van der Waals surface area contributed by atoms with Gasteiger partial charge in [0.05, 0.1) is 31.5 Å². The summed E-state index contributed by atoms with van der Waals surface area (Å²) in [5.41, 5.74) is -4.09. The van der Waals surface area contributed by atoms with Crippen molar-refractivity contribution in [2.45, 2.75) is 78.2 Å². The number of amides is 1. The number of carbonyl (C=O) groups excluding carboxylic acids is 1. The van der Waals surface area contributed by atoms with E-state index in [0.717, 1.165) is 15.8 Å². The van der Waals surface area contributed by atoms with E-state index >= 15 is 0 Å². The average molecular weight is 645 g/mol. The van der Waals surface area contributed by atoms with Crippen LogP contribution in [0.5, 0.6) is 0 Å². The molecule has 4 N–H and O–H groups in total. The molecule has 238 valence electrons. The number of ether oxygens (including phenoxy) is 1. The van der Waals surface area contributed by atoms with Crippen LogP contribution in [-0.4, -0.2) is 112 Å². The van der Waals surface area contributed by atoms with Gasteiger partial charge in [-0.3, -0.25) is 4.79 Å². The zero-order valence-corrected chi connectivity index (χ0v) is 22.9. The van der Waals surface area contributed by atoms with Crippen molar-refractivity contribution in [2.24, 2.45) is 0 Å². The van der Waals surface area contributed by atoms with Crippen molar-refractivity contribution in [1.29, 1.82) is 0 Å². The summed E-state index contributed by atoms with van der Waals surface area (Å²) in [5.74, 6) is -12.0. The van der Waals surface area contributed by atoms with E-state index in [1.165, 1.54) is 0 Å². The van der Waals surface area contributed by atoms with Gasteiger partial charge >= 0.3 is 0 Å². The zero-order valence-electron chi connectivity index (χ0n) is 22.1. The Kier molecular flexibility index (Phi) is 8.49. The third-order valence-electron chi connectivity index (χ3n) is 7.93. The molecule has 2 aliphatic heterocycles. The average Bonchev–Trinajstić information content (AvgIpc) is 3.41. The largest absolute Gasteiger partial charge is 0.394 e. The predicted octanol–water partition coefficient (Wildman–Crippen LogP) is 1.86. The number of aliphatic hydroxyl groups is 4. The molecule has 0 spiro atoms. The predicted molar refractivity (Wildman–Crippen MR) is 133 cm³/mol. The molecule has 1 saturated carbocycles. The first kappa shape index (κ1) is 31.9. The summed E-state index contributed by atoms with van der Waals surface area (Å²) in [6.07, 6.45) is -6.57. The van der Waals surface area contributed by atoms with Crippen molar-refractivity contribution in [3.05, 3.63) is 35.8 Å². The van der Waals surface area contributed by atoms with Gasteiger partial charge in [0.1, 0.15) is 40.7 Å². The molecule has 1 aromatic carbocycles. The normalized spacial score (nSPS) is 30.5. The second kappa shape index (κ2) is 11.4. The summed E-state index contributed by atoms with van der Waals surface area (Å²) in [4.78, 5) is 14.1. The lowest BCUT2D eigenvalue weighted by Crippen LogP contribution is -2.64. The van der Waals surface area contributed by atoms with Crippen LogP contribution in [0.4, 0.5) is 30.7 Å². The standard InChI is InChI=1S/C25H27F7N4O6S/c26-12-5-11(6-13(27)16(12)28)14-7-36(34-33-14)17-18(38)15(8-37)42-22(19(17)39)43-20(21(40)35-9-25(31,32)10-35)23(41)1-3-24(29,30)4-2-23/h5-7,15,17-20,22,37-39,41H,1-4,8-10H2/t15-,17+,18+,19-,20-,22+/m1/s1. The molecule has 10 nitrogen and oxygen atoms in total. The van der Waals surface area contributed by atoms with Gasteiger partial charge in [0.2, 0.25) is 11.8 Å². The van der Waals surface area contributed by atoms with Gasteiger partial charge in [-0.05, 0) is 25.0 Å². The number of likely N-dealkylation sites (tertiary alicyclic amines) is 1. The molecule has 2 aromatic rings. The van der Waals surface area contributed by atoms with Crippen molar-refractivity contribution in [3.8, 4) is 11.3 Å². The van der Waals surface area contributed by atoms with Gasteiger partial charge in [0.15, 0.2) is 17.5 Å². The smallest absolute Gasteiger partial charge is 0.282 e. The topological polar surface area (TPSA) is 141 Å². The Morgan fingerprint density at radius 2 is 1.63 bits per heavy atom. The number of rotatable bonds is 7. The highest BCUT2D eigenvalue weighted by atomic mass is 32.2. The van der Waals surface area contributed by atoms with Gasteiger partial charge in [-0.15, -0.1) is 16.9 Å². The Morgan fingerprint density at radius 3 is 2.19 bits per heavy atom. The number of hydrogen-bond acceptors (Lipinski definition) is 9. The fourth-order valence-corrected chi connectivity index (χ4v) is 7.00. The van der Waals surface area contributed by atoms with E-state index in [4.69, 9.17) is 4.74 Å². The van der Waals surface area contributed by atoms with Crippen molar-refractivity contribution in [3.63, 3.8) is 0 Å². The molecule has 6 atom stereocenters. The summed E-state index contributed by atoms with van der Waals surface area (Å²) in [6, 6.07) is -0.208. The molecule has 0 radical (unpaired) electrons. The molecule has 2 saturated heterocycles. The van der Waals surface area contributed by atoms with Crippen LogP contribution in [0.3, 0.4) is 0 Å². The van der Waals surface area contributed by atoms with Crippen molar-refractivity contribution in [2.75, 3.05) is 19.7 Å². The molecule has 0 unspecified atom stereocenters. The molecule has 43 heavy (non-hydrogen) atoms. The van der Waals surface area contributed by atoms with Gasteiger partial charge < -0.3 is 30.1 Å². The molecule has 0 bridgehead atoms. The minimum absolute atomic E-state index is 0.197. The zero-order chi connectivity index (χ0) is 31.5. The van der Waals surface area contributed by atoms with Gasteiger partial charge in [-0.25, -0.2) is 35.4 Å². The summed E-state index contributed by atoms with van der Waals surface area (Å²) in [6.45, 7) is -2.75. The second-order valence-electron chi connectivity index (χ2n) is 11.1. The third-order valence-corrected chi connectivity index (χ3v) is 9.50. The van der Waals surface area contributed by atoms with Gasteiger partial charge in [-0.1, -0.05) is 5.21 Å². The first-order valence-electron chi connectivity index (χ1n) is 13.2. The van der Waals surface area contributed by atoms with Crippen LogP contribution in [0.15, 0.2) is 18.3 Å². The Balaban J connectivity index is 1.43. The van der Waals surface area contributed by atoms with Crippen LogP contribution in [0, 0.1) is 17.5 Å². The van der Waals surface area contributed by atoms with Crippen LogP contribution in [0.25, 0.3) is 11.3 Å².